The first-order chi connectivity index (χ1) is 15.6. The van der Waals surface area contributed by atoms with E-state index < -0.39 is 0 Å². The molecule has 3 aromatic rings. The fourth-order valence-electron chi connectivity index (χ4n) is 3.95. The Labute approximate surface area is 189 Å². The molecule has 2 aromatic carbocycles. The molecule has 0 bridgehead atoms. The summed E-state index contributed by atoms with van der Waals surface area (Å²) in [5.74, 6) is 0.0133. The molecular formula is C26H30N4O2. The molecule has 1 aromatic heterocycles. The minimum absolute atomic E-state index is 0.0133. The molecule has 1 N–H and O–H groups in total. The minimum atomic E-state index is 0.0133. The fraction of sp³-hybridized carbons (Fsp3) is 0.308. The molecule has 1 saturated heterocycles. The van der Waals surface area contributed by atoms with E-state index in [1.807, 2.05) is 40.1 Å². The third kappa shape index (κ3) is 5.52. The number of rotatable bonds is 7. The second-order valence-electron chi connectivity index (χ2n) is 8.21. The van der Waals surface area contributed by atoms with Crippen LogP contribution in [0.25, 0.3) is 17.3 Å². The number of benzene rings is 2. The predicted molar refractivity (Wildman–Crippen MR) is 127 cm³/mol. The first-order valence-corrected chi connectivity index (χ1v) is 11.1. The van der Waals surface area contributed by atoms with Gasteiger partial charge < -0.3 is 10.0 Å². The zero-order valence-corrected chi connectivity index (χ0v) is 18.5. The standard InChI is InChI=1S/C26H30N4O2/c1-21-7-9-23(10-8-21)26-24(20-30(27-26)19-22-5-3-2-4-6-22)11-12-25(32)29-15-13-28(14-16-29)17-18-31/h2-12,20,31H,13-19H2,1H3/b12-11+. The maximum absolute atomic E-state index is 12.8. The van der Waals surface area contributed by atoms with Crippen molar-refractivity contribution in [2.24, 2.45) is 0 Å². The van der Waals surface area contributed by atoms with Crippen LogP contribution in [0.2, 0.25) is 0 Å². The Hall–Kier alpha value is -3.22. The first kappa shape index (κ1) is 22.0. The maximum Gasteiger partial charge on any atom is 0.246 e. The molecule has 1 amide bonds. The van der Waals surface area contributed by atoms with Crippen LogP contribution in [0.5, 0.6) is 0 Å². The highest BCUT2D eigenvalue weighted by atomic mass is 16.3. The molecule has 2 heterocycles. The zero-order chi connectivity index (χ0) is 22.3. The molecule has 6 heteroatoms. The second-order valence-corrected chi connectivity index (χ2v) is 8.21. The molecule has 1 aliphatic heterocycles. The number of piperazine rings is 1. The Morgan fingerprint density at radius 3 is 2.44 bits per heavy atom. The van der Waals surface area contributed by atoms with E-state index in [0.29, 0.717) is 26.2 Å². The molecule has 1 aliphatic rings. The summed E-state index contributed by atoms with van der Waals surface area (Å²) in [5, 5.41) is 13.9. The molecule has 1 fully saturated rings. The summed E-state index contributed by atoms with van der Waals surface area (Å²) in [6, 6.07) is 18.5. The topological polar surface area (TPSA) is 61.6 Å². The van der Waals surface area contributed by atoms with Crippen molar-refractivity contribution in [1.29, 1.82) is 0 Å². The first-order valence-electron chi connectivity index (χ1n) is 11.1. The van der Waals surface area contributed by atoms with Gasteiger partial charge in [-0.3, -0.25) is 14.4 Å². The van der Waals surface area contributed by atoms with Crippen molar-refractivity contribution in [2.75, 3.05) is 39.3 Å². The zero-order valence-electron chi connectivity index (χ0n) is 18.5. The summed E-state index contributed by atoms with van der Waals surface area (Å²) < 4.78 is 1.93. The van der Waals surface area contributed by atoms with Gasteiger partial charge in [0.05, 0.1) is 18.8 Å². The van der Waals surface area contributed by atoms with Crippen LogP contribution >= 0.6 is 0 Å². The van der Waals surface area contributed by atoms with Gasteiger partial charge in [-0.25, -0.2) is 0 Å². The molecular weight excluding hydrogens is 400 g/mol. The van der Waals surface area contributed by atoms with Gasteiger partial charge in [-0.15, -0.1) is 0 Å². The quantitative estimate of drug-likeness (QED) is 0.586. The normalized spacial score (nSPS) is 14.9. The number of β-amino-alcohol motifs (C(OH)–C–C–N with tert-alkyl or cyclic N) is 1. The minimum Gasteiger partial charge on any atom is -0.395 e. The smallest absolute Gasteiger partial charge is 0.246 e. The molecule has 32 heavy (non-hydrogen) atoms. The molecule has 0 unspecified atom stereocenters. The van der Waals surface area contributed by atoms with E-state index in [-0.39, 0.29) is 12.5 Å². The van der Waals surface area contributed by atoms with E-state index >= 15 is 0 Å². The van der Waals surface area contributed by atoms with Crippen LogP contribution in [0, 0.1) is 6.92 Å². The Kier molecular flexibility index (Phi) is 7.14. The van der Waals surface area contributed by atoms with Gasteiger partial charge in [0.1, 0.15) is 0 Å². The number of hydrogen-bond acceptors (Lipinski definition) is 4. The summed E-state index contributed by atoms with van der Waals surface area (Å²) in [4.78, 5) is 16.8. The van der Waals surface area contributed by atoms with Crippen LogP contribution < -0.4 is 0 Å². The Balaban J connectivity index is 1.53. The van der Waals surface area contributed by atoms with Gasteiger partial charge >= 0.3 is 0 Å². The molecule has 0 atom stereocenters. The van der Waals surface area contributed by atoms with Crippen molar-refractivity contribution < 1.29 is 9.90 Å². The lowest BCUT2D eigenvalue weighted by atomic mass is 10.1. The van der Waals surface area contributed by atoms with E-state index in [1.165, 1.54) is 11.1 Å². The number of aliphatic hydroxyl groups is 1. The van der Waals surface area contributed by atoms with Crippen molar-refractivity contribution in [1.82, 2.24) is 19.6 Å². The maximum atomic E-state index is 12.8. The highest BCUT2D eigenvalue weighted by molar-refractivity contribution is 5.93. The lowest BCUT2D eigenvalue weighted by molar-refractivity contribution is -0.127. The van der Waals surface area contributed by atoms with Gasteiger partial charge in [0.2, 0.25) is 5.91 Å². The van der Waals surface area contributed by atoms with Crippen molar-refractivity contribution in [2.45, 2.75) is 13.5 Å². The Bertz CT molecular complexity index is 1050. The van der Waals surface area contributed by atoms with Crippen LogP contribution in [0.1, 0.15) is 16.7 Å². The number of hydrogen-bond donors (Lipinski definition) is 1. The van der Waals surface area contributed by atoms with Crippen LogP contribution in [0.4, 0.5) is 0 Å². The number of aliphatic hydroxyl groups excluding tert-OH is 1. The fourth-order valence-corrected chi connectivity index (χ4v) is 3.95. The van der Waals surface area contributed by atoms with Crippen LogP contribution in [0.15, 0.2) is 66.9 Å². The number of aryl methyl sites for hydroxylation is 1. The molecule has 6 nitrogen and oxygen atoms in total. The summed E-state index contributed by atoms with van der Waals surface area (Å²) in [7, 11) is 0. The van der Waals surface area contributed by atoms with Gasteiger partial charge in [-0.2, -0.15) is 5.10 Å². The lowest BCUT2D eigenvalue weighted by Gasteiger charge is -2.33. The Morgan fingerprint density at radius 1 is 1.03 bits per heavy atom. The third-order valence-corrected chi connectivity index (χ3v) is 5.81. The SMILES string of the molecule is Cc1ccc(-c2nn(Cc3ccccc3)cc2/C=C/C(=O)N2CCN(CCO)CC2)cc1. The van der Waals surface area contributed by atoms with Crippen molar-refractivity contribution in [3.05, 3.63) is 83.6 Å². The lowest BCUT2D eigenvalue weighted by Crippen LogP contribution is -2.48. The summed E-state index contributed by atoms with van der Waals surface area (Å²) in [6.45, 7) is 6.52. The number of carbonyl (C=O) groups is 1. The van der Waals surface area contributed by atoms with E-state index in [2.05, 4.69) is 48.2 Å². The number of carbonyl (C=O) groups excluding carboxylic acids is 1. The number of aromatic nitrogens is 2. The van der Waals surface area contributed by atoms with Gasteiger partial charge in [-0.1, -0.05) is 60.2 Å². The van der Waals surface area contributed by atoms with E-state index in [4.69, 9.17) is 10.2 Å². The summed E-state index contributed by atoms with van der Waals surface area (Å²) in [5.41, 5.74) is 5.21. The second kappa shape index (κ2) is 10.4. The van der Waals surface area contributed by atoms with Gasteiger partial charge in [0.25, 0.3) is 0 Å². The van der Waals surface area contributed by atoms with Gasteiger partial charge in [0.15, 0.2) is 0 Å². The van der Waals surface area contributed by atoms with Crippen LogP contribution in [-0.4, -0.2) is 69.9 Å². The number of nitrogens with zero attached hydrogens (tertiary/aromatic N) is 4. The van der Waals surface area contributed by atoms with Crippen LogP contribution in [0.3, 0.4) is 0 Å². The number of amides is 1. The molecule has 0 spiro atoms. The average Bonchev–Trinajstić information content (AvgIpc) is 3.22. The van der Waals surface area contributed by atoms with Gasteiger partial charge in [0, 0.05) is 56.1 Å². The summed E-state index contributed by atoms with van der Waals surface area (Å²) >= 11 is 0. The van der Waals surface area contributed by atoms with E-state index in [9.17, 15) is 4.79 Å². The highest BCUT2D eigenvalue weighted by Gasteiger charge is 2.19. The molecule has 4 rings (SSSR count). The molecule has 0 aliphatic carbocycles. The average molecular weight is 431 g/mol. The monoisotopic (exact) mass is 430 g/mol. The molecule has 166 valence electrons. The van der Waals surface area contributed by atoms with Gasteiger partial charge in [-0.05, 0) is 18.6 Å². The molecule has 0 saturated carbocycles. The van der Waals surface area contributed by atoms with E-state index in [1.54, 1.807) is 6.08 Å². The molecule has 0 radical (unpaired) electrons. The Morgan fingerprint density at radius 2 is 1.75 bits per heavy atom. The van der Waals surface area contributed by atoms with Crippen LogP contribution in [-0.2, 0) is 11.3 Å². The predicted octanol–water partition coefficient (Wildman–Crippen LogP) is 3.06. The van der Waals surface area contributed by atoms with Crippen molar-refractivity contribution in [3.8, 4) is 11.3 Å². The largest absolute Gasteiger partial charge is 0.395 e. The van der Waals surface area contributed by atoms with E-state index in [0.717, 1.165) is 29.9 Å². The third-order valence-electron chi connectivity index (χ3n) is 5.81. The highest BCUT2D eigenvalue weighted by Crippen LogP contribution is 2.24. The van der Waals surface area contributed by atoms with Crippen molar-refractivity contribution >= 4 is 12.0 Å². The summed E-state index contributed by atoms with van der Waals surface area (Å²) in [6.07, 6.45) is 5.54. The van der Waals surface area contributed by atoms with Crippen molar-refractivity contribution in [3.63, 3.8) is 0 Å².